The maximum atomic E-state index is 12.4. The van der Waals surface area contributed by atoms with Crippen molar-refractivity contribution in [2.24, 2.45) is 0 Å². The molecule has 0 N–H and O–H groups in total. The fourth-order valence-corrected chi connectivity index (χ4v) is 2.66. The summed E-state index contributed by atoms with van der Waals surface area (Å²) in [6.45, 7) is 1.47. The third kappa shape index (κ3) is 4.51. The average Bonchev–Trinajstić information content (AvgIpc) is 3.31. The number of nitrogens with zero attached hydrogens (tertiary/aromatic N) is 2. The molecule has 1 aliphatic heterocycles. The Morgan fingerprint density at radius 1 is 1.32 bits per heavy atom. The van der Waals surface area contributed by atoms with E-state index < -0.39 is 0 Å². The first-order valence-electron chi connectivity index (χ1n) is 8.24. The minimum Gasteiger partial charge on any atom is -0.497 e. The summed E-state index contributed by atoms with van der Waals surface area (Å²) in [5.41, 5.74) is 0.272. The van der Waals surface area contributed by atoms with Gasteiger partial charge in [-0.2, -0.15) is 0 Å². The lowest BCUT2D eigenvalue weighted by atomic mass is 10.2. The molecule has 2 heterocycles. The van der Waals surface area contributed by atoms with Crippen molar-refractivity contribution in [1.29, 1.82) is 0 Å². The molecule has 1 amide bonds. The SMILES string of the molecule is COc1ccc(OCc2nc(C(=O)N(C)C[C@@H]3CCCO3)co2)cc1. The van der Waals surface area contributed by atoms with Gasteiger partial charge >= 0.3 is 0 Å². The van der Waals surface area contributed by atoms with Crippen LogP contribution in [0.2, 0.25) is 0 Å². The number of oxazole rings is 1. The fraction of sp³-hybridized carbons (Fsp3) is 0.444. The Hall–Kier alpha value is -2.54. The highest BCUT2D eigenvalue weighted by Gasteiger charge is 2.22. The topological polar surface area (TPSA) is 74.0 Å². The van der Waals surface area contributed by atoms with Crippen molar-refractivity contribution in [3.63, 3.8) is 0 Å². The Labute approximate surface area is 146 Å². The van der Waals surface area contributed by atoms with Crippen LogP contribution in [0, 0.1) is 0 Å². The van der Waals surface area contributed by atoms with Crippen LogP contribution < -0.4 is 9.47 Å². The maximum Gasteiger partial charge on any atom is 0.275 e. The lowest BCUT2D eigenvalue weighted by Crippen LogP contribution is -2.34. The third-order valence-corrected chi connectivity index (χ3v) is 4.04. The van der Waals surface area contributed by atoms with Gasteiger partial charge in [0.1, 0.15) is 17.8 Å². The van der Waals surface area contributed by atoms with Gasteiger partial charge in [0.15, 0.2) is 12.3 Å². The second-order valence-electron chi connectivity index (χ2n) is 5.91. The van der Waals surface area contributed by atoms with Crippen molar-refractivity contribution < 1.29 is 23.4 Å². The second-order valence-corrected chi connectivity index (χ2v) is 5.91. The third-order valence-electron chi connectivity index (χ3n) is 4.04. The largest absolute Gasteiger partial charge is 0.497 e. The lowest BCUT2D eigenvalue weighted by Gasteiger charge is -2.19. The fourth-order valence-electron chi connectivity index (χ4n) is 2.66. The van der Waals surface area contributed by atoms with Crippen molar-refractivity contribution in [1.82, 2.24) is 9.88 Å². The van der Waals surface area contributed by atoms with Gasteiger partial charge < -0.3 is 23.5 Å². The van der Waals surface area contributed by atoms with Crippen LogP contribution in [-0.2, 0) is 11.3 Å². The number of carbonyl (C=O) groups is 1. The summed E-state index contributed by atoms with van der Waals surface area (Å²) in [7, 11) is 3.35. The molecule has 0 saturated carbocycles. The van der Waals surface area contributed by atoms with Gasteiger partial charge in [-0.1, -0.05) is 0 Å². The van der Waals surface area contributed by atoms with Gasteiger partial charge in [-0.25, -0.2) is 4.98 Å². The second kappa shape index (κ2) is 8.02. The number of carbonyl (C=O) groups excluding carboxylic acids is 1. The van der Waals surface area contributed by atoms with Gasteiger partial charge in [0.25, 0.3) is 5.91 Å². The molecule has 7 nitrogen and oxygen atoms in total. The molecule has 1 saturated heterocycles. The molecule has 1 aromatic heterocycles. The number of aromatic nitrogens is 1. The Balaban J connectivity index is 1.52. The van der Waals surface area contributed by atoms with E-state index in [4.69, 9.17) is 18.6 Å². The van der Waals surface area contributed by atoms with E-state index in [-0.39, 0.29) is 24.3 Å². The molecule has 0 bridgehead atoms. The van der Waals surface area contributed by atoms with Crippen molar-refractivity contribution in [3.8, 4) is 11.5 Å². The molecule has 2 aromatic rings. The Morgan fingerprint density at radius 3 is 2.76 bits per heavy atom. The number of benzene rings is 1. The van der Waals surface area contributed by atoms with Crippen LogP contribution in [-0.4, -0.2) is 49.2 Å². The van der Waals surface area contributed by atoms with Gasteiger partial charge in [0.2, 0.25) is 5.89 Å². The summed E-state index contributed by atoms with van der Waals surface area (Å²) < 4.78 is 21.6. The van der Waals surface area contributed by atoms with Crippen LogP contribution in [0.4, 0.5) is 0 Å². The van der Waals surface area contributed by atoms with Crippen LogP contribution >= 0.6 is 0 Å². The van der Waals surface area contributed by atoms with Crippen LogP contribution in [0.15, 0.2) is 34.9 Å². The number of ether oxygens (including phenoxy) is 3. The average molecular weight is 346 g/mol. The zero-order valence-corrected chi connectivity index (χ0v) is 14.4. The summed E-state index contributed by atoms with van der Waals surface area (Å²) in [5.74, 6) is 1.59. The van der Waals surface area contributed by atoms with Gasteiger partial charge in [0.05, 0.1) is 13.2 Å². The highest BCUT2D eigenvalue weighted by Crippen LogP contribution is 2.18. The normalized spacial score (nSPS) is 16.6. The maximum absolute atomic E-state index is 12.4. The van der Waals surface area contributed by atoms with E-state index >= 15 is 0 Å². The summed E-state index contributed by atoms with van der Waals surface area (Å²) in [5, 5.41) is 0. The highest BCUT2D eigenvalue weighted by molar-refractivity contribution is 5.91. The Bertz CT molecular complexity index is 692. The zero-order valence-electron chi connectivity index (χ0n) is 14.4. The van der Waals surface area contributed by atoms with E-state index in [0.717, 1.165) is 25.2 Å². The van der Waals surface area contributed by atoms with Crippen molar-refractivity contribution >= 4 is 5.91 Å². The first-order valence-corrected chi connectivity index (χ1v) is 8.24. The van der Waals surface area contributed by atoms with Gasteiger partial charge in [-0.15, -0.1) is 0 Å². The molecule has 7 heteroatoms. The first-order chi connectivity index (χ1) is 12.2. The van der Waals surface area contributed by atoms with Crippen LogP contribution in [0.25, 0.3) is 0 Å². The van der Waals surface area contributed by atoms with E-state index in [0.29, 0.717) is 18.2 Å². The summed E-state index contributed by atoms with van der Waals surface area (Å²) >= 11 is 0. The van der Waals surface area contributed by atoms with Crippen LogP contribution in [0.5, 0.6) is 11.5 Å². The Kier molecular flexibility index (Phi) is 5.55. The predicted octanol–water partition coefficient (Wildman–Crippen LogP) is 2.51. The number of methoxy groups -OCH3 is 1. The summed E-state index contributed by atoms with van der Waals surface area (Å²) in [4.78, 5) is 18.2. The quantitative estimate of drug-likeness (QED) is 0.767. The predicted molar refractivity (Wildman–Crippen MR) is 89.8 cm³/mol. The standard InChI is InChI=1S/C18H22N2O5/c1-20(10-15-4-3-9-23-15)18(21)16-11-25-17(19-16)12-24-14-7-5-13(22-2)6-8-14/h5-8,11,15H,3-4,9-10,12H2,1-2H3/t15-/m0/s1. The number of hydrogen-bond donors (Lipinski definition) is 0. The van der Waals surface area contributed by atoms with Crippen molar-refractivity contribution in [3.05, 3.63) is 42.1 Å². The number of rotatable bonds is 7. The van der Waals surface area contributed by atoms with E-state index in [1.165, 1.54) is 6.26 Å². The molecule has 1 fully saturated rings. The molecule has 0 spiro atoms. The van der Waals surface area contributed by atoms with E-state index in [1.807, 2.05) is 0 Å². The minimum atomic E-state index is -0.185. The van der Waals surface area contributed by atoms with Crippen molar-refractivity contribution in [2.75, 3.05) is 27.3 Å². The first kappa shape index (κ1) is 17.3. The molecule has 0 radical (unpaired) electrons. The monoisotopic (exact) mass is 346 g/mol. The molecule has 1 aliphatic rings. The van der Waals surface area contributed by atoms with Gasteiger partial charge in [-0.05, 0) is 37.1 Å². The molecule has 0 unspecified atom stereocenters. The van der Waals surface area contributed by atoms with Gasteiger partial charge in [0, 0.05) is 20.2 Å². The van der Waals surface area contributed by atoms with E-state index in [2.05, 4.69) is 4.98 Å². The van der Waals surface area contributed by atoms with Crippen molar-refractivity contribution in [2.45, 2.75) is 25.6 Å². The van der Waals surface area contributed by atoms with E-state index in [1.54, 1.807) is 43.3 Å². The van der Waals surface area contributed by atoms with Crippen LogP contribution in [0.1, 0.15) is 29.2 Å². The molecule has 3 rings (SSSR count). The number of amides is 1. The molecule has 1 atom stereocenters. The molecular weight excluding hydrogens is 324 g/mol. The number of likely N-dealkylation sites (N-methyl/N-ethyl adjacent to an activating group) is 1. The van der Waals surface area contributed by atoms with Crippen LogP contribution in [0.3, 0.4) is 0 Å². The smallest absolute Gasteiger partial charge is 0.275 e. The molecular formula is C18H22N2O5. The zero-order chi connectivity index (χ0) is 17.6. The van der Waals surface area contributed by atoms with Gasteiger partial charge in [-0.3, -0.25) is 4.79 Å². The minimum absolute atomic E-state index is 0.110. The Morgan fingerprint density at radius 2 is 2.08 bits per heavy atom. The molecule has 1 aromatic carbocycles. The van der Waals surface area contributed by atoms with E-state index in [9.17, 15) is 4.79 Å². The molecule has 134 valence electrons. The summed E-state index contributed by atoms with van der Waals surface area (Å²) in [6.07, 6.45) is 3.50. The lowest BCUT2D eigenvalue weighted by molar-refractivity contribution is 0.0582. The molecule has 25 heavy (non-hydrogen) atoms. The summed E-state index contributed by atoms with van der Waals surface area (Å²) in [6, 6.07) is 7.20. The highest BCUT2D eigenvalue weighted by atomic mass is 16.5. The molecule has 0 aliphatic carbocycles. The number of hydrogen-bond acceptors (Lipinski definition) is 6.